The fourth-order valence-electron chi connectivity index (χ4n) is 1.02. The molecule has 0 fully saturated rings. The highest BCUT2D eigenvalue weighted by Crippen LogP contribution is 2.19. The minimum atomic E-state index is -0.252. The van der Waals surface area contributed by atoms with Crippen LogP contribution in [0.5, 0.6) is 5.75 Å². The van der Waals surface area contributed by atoms with Gasteiger partial charge in [0.2, 0.25) is 0 Å². The number of hydrogen-bond donors (Lipinski definition) is 2. The highest BCUT2D eigenvalue weighted by atomic mass is 127. The Morgan fingerprint density at radius 1 is 1.67 bits per heavy atom. The van der Waals surface area contributed by atoms with Gasteiger partial charge in [-0.3, -0.25) is 4.79 Å². The summed E-state index contributed by atoms with van der Waals surface area (Å²) in [6.45, 7) is 2.47. The smallest absolute Gasteiger partial charge is 0.255 e. The number of phenolic OH excluding ortho intramolecular Hbond substituents is 1. The van der Waals surface area contributed by atoms with E-state index in [1.165, 1.54) is 6.07 Å². The maximum Gasteiger partial charge on any atom is 0.255 e. The fraction of sp³-hybridized carbons (Fsp3) is 0.300. The lowest BCUT2D eigenvalue weighted by atomic mass is 10.2. The molecule has 1 unspecified atom stereocenters. The molecular formula is C10H11BrINO2. The third-order valence-electron chi connectivity index (χ3n) is 1.75. The minimum Gasteiger partial charge on any atom is -0.507 e. The molecule has 0 heterocycles. The number of amides is 1. The molecule has 1 rings (SSSR count). The van der Waals surface area contributed by atoms with Crippen LogP contribution in [0.25, 0.3) is 0 Å². The zero-order valence-electron chi connectivity index (χ0n) is 8.13. The fourth-order valence-corrected chi connectivity index (χ4v) is 1.67. The van der Waals surface area contributed by atoms with Crippen LogP contribution in [-0.2, 0) is 0 Å². The molecular weight excluding hydrogens is 373 g/mol. The van der Waals surface area contributed by atoms with Crippen LogP contribution in [0.2, 0.25) is 0 Å². The maximum absolute atomic E-state index is 11.6. The average Bonchev–Trinajstić information content (AvgIpc) is 2.18. The van der Waals surface area contributed by atoms with E-state index in [0.717, 1.165) is 3.57 Å². The molecule has 0 radical (unpaired) electrons. The second kappa shape index (κ2) is 5.69. The first-order valence-electron chi connectivity index (χ1n) is 4.41. The number of alkyl halides is 1. The highest BCUT2D eigenvalue weighted by molar-refractivity contribution is 14.1. The van der Waals surface area contributed by atoms with Crippen molar-refractivity contribution in [3.8, 4) is 5.75 Å². The molecule has 0 saturated heterocycles. The summed E-state index contributed by atoms with van der Waals surface area (Å²) in [7, 11) is 0. The molecule has 0 spiro atoms. The number of hydrogen-bond acceptors (Lipinski definition) is 2. The summed E-state index contributed by atoms with van der Waals surface area (Å²) in [5.41, 5.74) is 0.315. The molecule has 0 bridgehead atoms. The lowest BCUT2D eigenvalue weighted by Gasteiger charge is -2.08. The molecule has 0 saturated carbocycles. The van der Waals surface area contributed by atoms with Gasteiger partial charge in [0.05, 0.1) is 5.56 Å². The molecule has 1 atom stereocenters. The SMILES string of the molecule is CC(Br)CNC(=O)c1cc(I)ccc1O. The summed E-state index contributed by atoms with van der Waals surface area (Å²) >= 11 is 5.43. The van der Waals surface area contributed by atoms with E-state index < -0.39 is 0 Å². The van der Waals surface area contributed by atoms with Gasteiger partial charge in [0.1, 0.15) is 5.75 Å². The summed E-state index contributed by atoms with van der Waals surface area (Å²) in [4.78, 5) is 11.8. The van der Waals surface area contributed by atoms with Gasteiger partial charge in [0, 0.05) is 14.9 Å². The Hall–Kier alpha value is -0.300. The molecule has 0 aliphatic carbocycles. The summed E-state index contributed by atoms with van der Waals surface area (Å²) < 4.78 is 0.919. The molecule has 3 nitrogen and oxygen atoms in total. The maximum atomic E-state index is 11.6. The number of rotatable bonds is 3. The number of benzene rings is 1. The summed E-state index contributed by atoms with van der Waals surface area (Å²) in [6, 6.07) is 4.93. The predicted octanol–water partition coefficient (Wildman–Crippen LogP) is 2.51. The molecule has 82 valence electrons. The van der Waals surface area contributed by atoms with Crippen LogP contribution < -0.4 is 5.32 Å². The Morgan fingerprint density at radius 3 is 2.93 bits per heavy atom. The summed E-state index contributed by atoms with van der Waals surface area (Å²) in [5.74, 6) is -0.243. The van der Waals surface area contributed by atoms with Crippen LogP contribution in [-0.4, -0.2) is 22.4 Å². The van der Waals surface area contributed by atoms with E-state index in [0.29, 0.717) is 12.1 Å². The molecule has 1 aromatic rings. The van der Waals surface area contributed by atoms with Gasteiger partial charge in [-0.15, -0.1) is 0 Å². The molecule has 0 aromatic heterocycles. The molecule has 0 aliphatic heterocycles. The van der Waals surface area contributed by atoms with Gasteiger partial charge in [0.25, 0.3) is 5.91 Å². The third-order valence-corrected chi connectivity index (χ3v) is 2.74. The van der Waals surface area contributed by atoms with Gasteiger partial charge in [-0.25, -0.2) is 0 Å². The molecule has 15 heavy (non-hydrogen) atoms. The average molecular weight is 384 g/mol. The first-order valence-corrected chi connectivity index (χ1v) is 6.41. The van der Waals surface area contributed by atoms with Gasteiger partial charge in [-0.1, -0.05) is 22.9 Å². The monoisotopic (exact) mass is 383 g/mol. The van der Waals surface area contributed by atoms with E-state index in [9.17, 15) is 9.90 Å². The number of aromatic hydroxyl groups is 1. The topological polar surface area (TPSA) is 49.3 Å². The number of carbonyl (C=O) groups excluding carboxylic acids is 1. The van der Waals surface area contributed by atoms with Gasteiger partial charge >= 0.3 is 0 Å². The van der Waals surface area contributed by atoms with E-state index in [2.05, 4.69) is 43.8 Å². The van der Waals surface area contributed by atoms with Crippen molar-refractivity contribution >= 4 is 44.4 Å². The standard InChI is InChI=1S/C10H11BrINO2/c1-6(11)5-13-10(15)8-4-7(12)2-3-9(8)14/h2-4,6,14H,5H2,1H3,(H,13,15). The van der Waals surface area contributed by atoms with Crippen molar-refractivity contribution < 1.29 is 9.90 Å². The summed E-state index contributed by atoms with van der Waals surface area (Å²) in [5, 5.41) is 12.2. The van der Waals surface area contributed by atoms with Crippen molar-refractivity contribution in [3.05, 3.63) is 27.3 Å². The van der Waals surface area contributed by atoms with Crippen molar-refractivity contribution in [1.82, 2.24) is 5.32 Å². The van der Waals surface area contributed by atoms with Crippen LogP contribution in [0.1, 0.15) is 17.3 Å². The molecule has 0 aliphatic rings. The quantitative estimate of drug-likeness (QED) is 0.622. The Bertz CT molecular complexity index is 368. The lowest BCUT2D eigenvalue weighted by molar-refractivity contribution is 0.0951. The Kier molecular flexibility index (Phi) is 4.85. The summed E-state index contributed by atoms with van der Waals surface area (Å²) in [6.07, 6.45) is 0. The van der Waals surface area contributed by atoms with Gasteiger partial charge in [0.15, 0.2) is 0 Å². The van der Waals surface area contributed by atoms with E-state index in [1.54, 1.807) is 12.1 Å². The van der Waals surface area contributed by atoms with E-state index in [4.69, 9.17) is 0 Å². The van der Waals surface area contributed by atoms with E-state index in [-0.39, 0.29) is 16.5 Å². The van der Waals surface area contributed by atoms with Crippen LogP contribution in [0, 0.1) is 3.57 Å². The zero-order valence-corrected chi connectivity index (χ0v) is 11.9. The van der Waals surface area contributed by atoms with Gasteiger partial charge in [-0.05, 0) is 40.8 Å². The molecule has 5 heteroatoms. The normalized spacial score (nSPS) is 12.2. The predicted molar refractivity (Wildman–Crippen MR) is 71.5 cm³/mol. The Morgan fingerprint density at radius 2 is 2.33 bits per heavy atom. The van der Waals surface area contributed by atoms with Crippen LogP contribution in [0.3, 0.4) is 0 Å². The van der Waals surface area contributed by atoms with Crippen molar-refractivity contribution in [2.24, 2.45) is 0 Å². The van der Waals surface area contributed by atoms with Crippen LogP contribution in [0.15, 0.2) is 18.2 Å². The first-order chi connectivity index (χ1) is 7.00. The highest BCUT2D eigenvalue weighted by Gasteiger charge is 2.11. The van der Waals surface area contributed by atoms with Crippen LogP contribution >= 0.6 is 38.5 Å². The number of halogens is 2. The number of phenols is 1. The largest absolute Gasteiger partial charge is 0.507 e. The van der Waals surface area contributed by atoms with Crippen molar-refractivity contribution in [1.29, 1.82) is 0 Å². The molecule has 1 aromatic carbocycles. The van der Waals surface area contributed by atoms with Gasteiger partial charge in [-0.2, -0.15) is 0 Å². The minimum absolute atomic E-state index is 0.00939. The Balaban J connectivity index is 2.77. The second-order valence-corrected chi connectivity index (χ2v) is 5.96. The van der Waals surface area contributed by atoms with E-state index >= 15 is 0 Å². The number of nitrogens with one attached hydrogen (secondary N) is 1. The lowest BCUT2D eigenvalue weighted by Crippen LogP contribution is -2.28. The Labute approximate surface area is 111 Å². The molecule has 2 N–H and O–H groups in total. The third kappa shape index (κ3) is 3.98. The van der Waals surface area contributed by atoms with Gasteiger partial charge < -0.3 is 10.4 Å². The molecule has 1 amide bonds. The van der Waals surface area contributed by atoms with Crippen molar-refractivity contribution in [2.45, 2.75) is 11.8 Å². The first kappa shape index (κ1) is 12.8. The van der Waals surface area contributed by atoms with E-state index in [1.807, 2.05) is 6.92 Å². The zero-order chi connectivity index (χ0) is 11.4. The van der Waals surface area contributed by atoms with Crippen molar-refractivity contribution in [2.75, 3.05) is 6.54 Å². The van der Waals surface area contributed by atoms with Crippen LogP contribution in [0.4, 0.5) is 0 Å². The second-order valence-electron chi connectivity index (χ2n) is 3.15. The number of carbonyl (C=O) groups is 1. The van der Waals surface area contributed by atoms with Crippen molar-refractivity contribution in [3.63, 3.8) is 0 Å².